The Morgan fingerprint density at radius 3 is 2.90 bits per heavy atom. The van der Waals surface area contributed by atoms with E-state index in [0.717, 1.165) is 9.86 Å². The number of anilines is 1. The third kappa shape index (κ3) is 2.55. The second-order valence-electron chi connectivity index (χ2n) is 4.20. The zero-order chi connectivity index (χ0) is 14.1. The Balaban J connectivity index is 1.93. The van der Waals surface area contributed by atoms with Crippen molar-refractivity contribution < 1.29 is 4.79 Å². The third-order valence-electron chi connectivity index (χ3n) is 2.80. The SMILES string of the molecule is O=C(Nc1cccc(Br)c1)n1ncc2cc(Cl)ccc21. The van der Waals surface area contributed by atoms with Crippen LogP contribution in [0.15, 0.2) is 53.1 Å². The Bertz CT molecular complexity index is 800. The molecule has 0 atom stereocenters. The van der Waals surface area contributed by atoms with E-state index in [-0.39, 0.29) is 6.03 Å². The van der Waals surface area contributed by atoms with Gasteiger partial charge >= 0.3 is 6.03 Å². The molecule has 0 aliphatic heterocycles. The number of nitrogens with one attached hydrogen (secondary N) is 1. The summed E-state index contributed by atoms with van der Waals surface area (Å²) in [4.78, 5) is 12.2. The molecule has 0 bridgehead atoms. The molecule has 100 valence electrons. The minimum atomic E-state index is -0.319. The maximum Gasteiger partial charge on any atom is 0.347 e. The summed E-state index contributed by atoms with van der Waals surface area (Å²) in [5.74, 6) is 0. The van der Waals surface area contributed by atoms with Gasteiger partial charge in [-0.2, -0.15) is 9.78 Å². The number of aromatic nitrogens is 2. The second-order valence-corrected chi connectivity index (χ2v) is 5.55. The van der Waals surface area contributed by atoms with Crippen LogP contribution in [0.5, 0.6) is 0 Å². The number of amides is 1. The number of nitrogens with zero attached hydrogens (tertiary/aromatic N) is 2. The summed E-state index contributed by atoms with van der Waals surface area (Å²) in [6.45, 7) is 0. The Hall–Kier alpha value is -1.85. The molecule has 1 N–H and O–H groups in total. The fraction of sp³-hybridized carbons (Fsp3) is 0. The lowest BCUT2D eigenvalue weighted by atomic mass is 10.2. The van der Waals surface area contributed by atoms with E-state index in [4.69, 9.17) is 11.6 Å². The Kier molecular flexibility index (Phi) is 3.46. The molecule has 1 amide bonds. The van der Waals surface area contributed by atoms with Gasteiger partial charge in [-0.15, -0.1) is 0 Å². The Morgan fingerprint density at radius 2 is 2.10 bits per heavy atom. The quantitative estimate of drug-likeness (QED) is 0.701. The summed E-state index contributed by atoms with van der Waals surface area (Å²) >= 11 is 9.27. The minimum Gasteiger partial charge on any atom is -0.306 e. The molecule has 20 heavy (non-hydrogen) atoms. The van der Waals surface area contributed by atoms with Crippen LogP contribution >= 0.6 is 27.5 Å². The van der Waals surface area contributed by atoms with Crippen molar-refractivity contribution in [2.24, 2.45) is 0 Å². The van der Waals surface area contributed by atoms with Gasteiger partial charge in [0, 0.05) is 20.6 Å². The lowest BCUT2D eigenvalue weighted by molar-refractivity contribution is 0.252. The van der Waals surface area contributed by atoms with Gasteiger partial charge in [-0.3, -0.25) is 0 Å². The van der Waals surface area contributed by atoms with Crippen LogP contribution < -0.4 is 5.32 Å². The molecule has 3 rings (SSSR count). The molecule has 0 saturated carbocycles. The van der Waals surface area contributed by atoms with Gasteiger partial charge < -0.3 is 5.32 Å². The van der Waals surface area contributed by atoms with Gasteiger partial charge in [0.15, 0.2) is 0 Å². The normalized spacial score (nSPS) is 10.7. The van der Waals surface area contributed by atoms with E-state index in [9.17, 15) is 4.79 Å². The molecule has 1 heterocycles. The van der Waals surface area contributed by atoms with E-state index in [1.54, 1.807) is 24.4 Å². The van der Waals surface area contributed by atoms with E-state index in [0.29, 0.717) is 16.2 Å². The highest BCUT2D eigenvalue weighted by Gasteiger charge is 2.11. The van der Waals surface area contributed by atoms with Gasteiger partial charge in [0.2, 0.25) is 0 Å². The van der Waals surface area contributed by atoms with Gasteiger partial charge in [0.25, 0.3) is 0 Å². The average Bonchev–Trinajstić information content (AvgIpc) is 2.81. The van der Waals surface area contributed by atoms with Crippen molar-refractivity contribution in [2.45, 2.75) is 0 Å². The van der Waals surface area contributed by atoms with Crippen molar-refractivity contribution in [3.63, 3.8) is 0 Å². The molecule has 0 radical (unpaired) electrons. The summed E-state index contributed by atoms with van der Waals surface area (Å²) in [6.07, 6.45) is 1.61. The molecular formula is C14H9BrClN3O. The maximum absolute atomic E-state index is 12.2. The summed E-state index contributed by atoms with van der Waals surface area (Å²) in [5.41, 5.74) is 1.41. The van der Waals surface area contributed by atoms with Crippen LogP contribution in [-0.4, -0.2) is 15.8 Å². The highest BCUT2D eigenvalue weighted by atomic mass is 79.9. The van der Waals surface area contributed by atoms with Crippen LogP contribution in [-0.2, 0) is 0 Å². The maximum atomic E-state index is 12.2. The molecule has 6 heteroatoms. The van der Waals surface area contributed by atoms with Crippen LogP contribution in [0, 0.1) is 0 Å². The number of hydrogen-bond donors (Lipinski definition) is 1. The molecule has 2 aromatic carbocycles. The zero-order valence-electron chi connectivity index (χ0n) is 10.2. The Labute approximate surface area is 128 Å². The van der Waals surface area contributed by atoms with Crippen molar-refractivity contribution >= 4 is 50.2 Å². The average molecular weight is 351 g/mol. The number of halogens is 2. The number of rotatable bonds is 1. The molecule has 0 spiro atoms. The van der Waals surface area contributed by atoms with E-state index in [2.05, 4.69) is 26.3 Å². The predicted molar refractivity (Wildman–Crippen MR) is 83.3 cm³/mol. The van der Waals surface area contributed by atoms with E-state index < -0.39 is 0 Å². The fourth-order valence-corrected chi connectivity index (χ4v) is 2.49. The van der Waals surface area contributed by atoms with Crippen LogP contribution in [0.25, 0.3) is 10.9 Å². The number of hydrogen-bond acceptors (Lipinski definition) is 2. The molecule has 0 aliphatic rings. The first-order valence-electron chi connectivity index (χ1n) is 5.84. The van der Waals surface area contributed by atoms with Gasteiger partial charge in [-0.25, -0.2) is 4.79 Å². The first-order chi connectivity index (χ1) is 9.63. The number of benzene rings is 2. The summed E-state index contributed by atoms with van der Waals surface area (Å²) in [7, 11) is 0. The predicted octanol–water partition coefficient (Wildman–Crippen LogP) is 4.53. The van der Waals surface area contributed by atoms with Crippen LogP contribution in [0.2, 0.25) is 5.02 Å². The first-order valence-corrected chi connectivity index (χ1v) is 7.01. The third-order valence-corrected chi connectivity index (χ3v) is 3.53. The highest BCUT2D eigenvalue weighted by molar-refractivity contribution is 9.10. The first kappa shape index (κ1) is 13.1. The van der Waals surface area contributed by atoms with Gasteiger partial charge in [-0.05, 0) is 36.4 Å². The van der Waals surface area contributed by atoms with Crippen molar-refractivity contribution in [2.75, 3.05) is 5.32 Å². The zero-order valence-corrected chi connectivity index (χ0v) is 12.5. The lowest BCUT2D eigenvalue weighted by Gasteiger charge is -2.06. The standard InChI is InChI=1S/C14H9BrClN3O/c15-10-2-1-3-12(7-10)18-14(20)19-13-5-4-11(16)6-9(13)8-17-19/h1-8H,(H,18,20). The van der Waals surface area contributed by atoms with Gasteiger partial charge in [0.05, 0.1) is 11.7 Å². The van der Waals surface area contributed by atoms with Crippen molar-refractivity contribution in [1.29, 1.82) is 0 Å². The molecular weight excluding hydrogens is 342 g/mol. The largest absolute Gasteiger partial charge is 0.347 e. The minimum absolute atomic E-state index is 0.319. The molecule has 0 saturated heterocycles. The molecule has 3 aromatic rings. The second kappa shape index (κ2) is 5.26. The smallest absolute Gasteiger partial charge is 0.306 e. The number of carbonyl (C=O) groups is 1. The summed E-state index contributed by atoms with van der Waals surface area (Å²) in [5, 5.41) is 8.32. The lowest BCUT2D eigenvalue weighted by Crippen LogP contribution is -2.20. The van der Waals surface area contributed by atoms with Gasteiger partial charge in [-0.1, -0.05) is 33.6 Å². The summed E-state index contributed by atoms with van der Waals surface area (Å²) in [6, 6.07) is 12.3. The molecule has 1 aromatic heterocycles. The topological polar surface area (TPSA) is 46.9 Å². The van der Waals surface area contributed by atoms with Gasteiger partial charge in [0.1, 0.15) is 0 Å². The monoisotopic (exact) mass is 349 g/mol. The fourth-order valence-electron chi connectivity index (χ4n) is 1.91. The molecule has 0 aliphatic carbocycles. The molecule has 4 nitrogen and oxygen atoms in total. The number of carbonyl (C=O) groups excluding carboxylic acids is 1. The van der Waals surface area contributed by atoms with Crippen LogP contribution in [0.4, 0.5) is 10.5 Å². The van der Waals surface area contributed by atoms with E-state index in [1.165, 1.54) is 4.68 Å². The molecule has 0 unspecified atom stereocenters. The van der Waals surface area contributed by atoms with E-state index >= 15 is 0 Å². The van der Waals surface area contributed by atoms with Crippen molar-refractivity contribution in [3.05, 3.63) is 58.2 Å². The van der Waals surface area contributed by atoms with Crippen molar-refractivity contribution in [1.82, 2.24) is 9.78 Å². The van der Waals surface area contributed by atoms with Crippen LogP contribution in [0.1, 0.15) is 0 Å². The van der Waals surface area contributed by atoms with E-state index in [1.807, 2.05) is 24.3 Å². The summed E-state index contributed by atoms with van der Waals surface area (Å²) < 4.78 is 2.21. The Morgan fingerprint density at radius 1 is 1.25 bits per heavy atom. The number of fused-ring (bicyclic) bond motifs is 1. The van der Waals surface area contributed by atoms with Crippen LogP contribution in [0.3, 0.4) is 0 Å². The van der Waals surface area contributed by atoms with Crippen molar-refractivity contribution in [3.8, 4) is 0 Å². The highest BCUT2D eigenvalue weighted by Crippen LogP contribution is 2.20. The molecule has 0 fully saturated rings.